The maximum atomic E-state index is 12.2. The number of hydrogen-bond acceptors (Lipinski definition) is 4. The van der Waals surface area contributed by atoms with E-state index < -0.39 is 0 Å². The van der Waals surface area contributed by atoms with Crippen LogP contribution in [0.15, 0.2) is 18.8 Å². The van der Waals surface area contributed by atoms with Crippen molar-refractivity contribution in [3.8, 4) is 0 Å². The van der Waals surface area contributed by atoms with Crippen LogP contribution in [0.3, 0.4) is 0 Å². The average molecular weight is 399 g/mol. The van der Waals surface area contributed by atoms with Gasteiger partial charge in [-0.05, 0) is 44.8 Å². The van der Waals surface area contributed by atoms with E-state index in [9.17, 15) is 4.79 Å². The Bertz CT molecular complexity index is 462. The van der Waals surface area contributed by atoms with E-state index in [4.69, 9.17) is 10.9 Å². The number of nitrogens with zero attached hydrogens (tertiary/aromatic N) is 2. The van der Waals surface area contributed by atoms with Gasteiger partial charge < -0.3 is 15.8 Å². The summed E-state index contributed by atoms with van der Waals surface area (Å²) in [5, 5.41) is 11.4. The number of hydrogen-bond donors (Lipinski definition) is 2. The van der Waals surface area contributed by atoms with Gasteiger partial charge in [0.15, 0.2) is 0 Å². The molecular formula is C10H13Br2N3O2S. The van der Waals surface area contributed by atoms with Gasteiger partial charge in [-0.2, -0.15) is 0 Å². The normalized spacial score (nSPS) is 11.6. The van der Waals surface area contributed by atoms with Crippen LogP contribution >= 0.6 is 43.2 Å². The first-order valence-corrected chi connectivity index (χ1v) is 7.60. The molecule has 5 nitrogen and oxygen atoms in total. The lowest BCUT2D eigenvalue weighted by molar-refractivity contribution is 0.0768. The van der Waals surface area contributed by atoms with E-state index in [1.54, 1.807) is 11.0 Å². The topological polar surface area (TPSA) is 78.9 Å². The van der Waals surface area contributed by atoms with Crippen molar-refractivity contribution in [3.63, 3.8) is 0 Å². The van der Waals surface area contributed by atoms with Crippen molar-refractivity contribution < 1.29 is 10.0 Å². The van der Waals surface area contributed by atoms with Gasteiger partial charge in [-0.3, -0.25) is 4.79 Å². The highest BCUT2D eigenvalue weighted by Gasteiger charge is 2.19. The van der Waals surface area contributed by atoms with Crippen LogP contribution in [0.2, 0.25) is 0 Å². The van der Waals surface area contributed by atoms with Crippen molar-refractivity contribution in [2.45, 2.75) is 13.3 Å². The molecule has 0 radical (unpaired) electrons. The summed E-state index contributed by atoms with van der Waals surface area (Å²) in [5.74, 6) is 0.0453. The summed E-state index contributed by atoms with van der Waals surface area (Å²) in [6, 6.07) is 1.78. The molecule has 0 unspecified atom stereocenters. The van der Waals surface area contributed by atoms with Gasteiger partial charge in [0.1, 0.15) is 5.84 Å². The van der Waals surface area contributed by atoms with Crippen LogP contribution in [0, 0.1) is 0 Å². The van der Waals surface area contributed by atoms with Crippen molar-refractivity contribution in [1.82, 2.24) is 4.90 Å². The van der Waals surface area contributed by atoms with E-state index >= 15 is 0 Å². The van der Waals surface area contributed by atoms with Crippen LogP contribution in [0.4, 0.5) is 0 Å². The minimum absolute atomic E-state index is 0.0722. The predicted octanol–water partition coefficient (Wildman–Crippen LogP) is 2.87. The first-order valence-electron chi connectivity index (χ1n) is 5.20. The van der Waals surface area contributed by atoms with Crippen molar-refractivity contribution in [3.05, 3.63) is 19.2 Å². The van der Waals surface area contributed by atoms with Crippen LogP contribution in [0.5, 0.6) is 0 Å². The van der Waals surface area contributed by atoms with Gasteiger partial charge in [0.25, 0.3) is 5.91 Å². The number of carbonyl (C=O) groups excluding carboxylic acids is 1. The summed E-state index contributed by atoms with van der Waals surface area (Å²) in [7, 11) is 0. The lowest BCUT2D eigenvalue weighted by Gasteiger charge is -2.20. The summed E-state index contributed by atoms with van der Waals surface area (Å²) in [5.41, 5.74) is 6.01. The molecular weight excluding hydrogens is 386 g/mol. The second kappa shape index (κ2) is 7.10. The summed E-state index contributed by atoms with van der Waals surface area (Å²) in [4.78, 5) is 13.9. The van der Waals surface area contributed by atoms with Gasteiger partial charge in [0, 0.05) is 19.5 Å². The Balaban J connectivity index is 2.76. The number of amides is 1. The Morgan fingerprint density at radius 1 is 1.61 bits per heavy atom. The number of carbonyl (C=O) groups is 1. The monoisotopic (exact) mass is 397 g/mol. The van der Waals surface area contributed by atoms with Crippen LogP contribution < -0.4 is 5.73 Å². The third kappa shape index (κ3) is 3.96. The molecule has 1 rings (SSSR count). The number of halogens is 2. The molecule has 0 aliphatic carbocycles. The summed E-state index contributed by atoms with van der Waals surface area (Å²) in [6.45, 7) is 2.88. The number of nitrogens with two attached hydrogens (primary N) is 1. The van der Waals surface area contributed by atoms with Crippen LogP contribution in [-0.2, 0) is 0 Å². The molecule has 0 bridgehead atoms. The molecule has 0 atom stereocenters. The third-order valence-electron chi connectivity index (χ3n) is 2.32. The fraction of sp³-hybridized carbons (Fsp3) is 0.400. The zero-order chi connectivity index (χ0) is 13.7. The quantitative estimate of drug-likeness (QED) is 0.346. The number of oxime groups is 1. The van der Waals surface area contributed by atoms with Gasteiger partial charge in [-0.25, -0.2) is 0 Å². The van der Waals surface area contributed by atoms with Crippen molar-refractivity contribution in [2.24, 2.45) is 10.9 Å². The molecule has 0 aliphatic heterocycles. The largest absolute Gasteiger partial charge is 0.409 e. The van der Waals surface area contributed by atoms with E-state index in [0.717, 1.165) is 7.57 Å². The van der Waals surface area contributed by atoms with E-state index in [1.165, 1.54) is 11.3 Å². The molecule has 0 aliphatic rings. The van der Waals surface area contributed by atoms with Gasteiger partial charge in [-0.15, -0.1) is 11.3 Å². The van der Waals surface area contributed by atoms with Crippen molar-refractivity contribution in [2.75, 3.05) is 13.1 Å². The average Bonchev–Trinajstić information content (AvgIpc) is 2.68. The Hall–Kier alpha value is -0.600. The molecule has 0 saturated heterocycles. The zero-order valence-electron chi connectivity index (χ0n) is 9.69. The molecule has 1 amide bonds. The second-order valence-electron chi connectivity index (χ2n) is 3.46. The minimum atomic E-state index is -0.0722. The first-order chi connectivity index (χ1) is 8.49. The smallest absolute Gasteiger partial charge is 0.255 e. The van der Waals surface area contributed by atoms with Crippen molar-refractivity contribution in [1.29, 1.82) is 0 Å². The van der Waals surface area contributed by atoms with Gasteiger partial charge >= 0.3 is 0 Å². The lowest BCUT2D eigenvalue weighted by Crippen LogP contribution is -2.33. The number of thiophene rings is 1. The predicted molar refractivity (Wildman–Crippen MR) is 79.3 cm³/mol. The fourth-order valence-electron chi connectivity index (χ4n) is 1.36. The molecule has 8 heteroatoms. The lowest BCUT2D eigenvalue weighted by atomic mass is 10.2. The molecule has 3 N–H and O–H groups in total. The van der Waals surface area contributed by atoms with Gasteiger partial charge in [0.2, 0.25) is 0 Å². The highest BCUT2D eigenvalue weighted by Crippen LogP contribution is 2.32. The summed E-state index contributed by atoms with van der Waals surface area (Å²) in [6.07, 6.45) is 0.346. The zero-order valence-corrected chi connectivity index (χ0v) is 13.7. The number of rotatable bonds is 5. The highest BCUT2D eigenvalue weighted by atomic mass is 79.9. The van der Waals surface area contributed by atoms with Crippen LogP contribution in [0.1, 0.15) is 23.7 Å². The molecule has 1 aromatic rings. The molecule has 1 aromatic heterocycles. The summed E-state index contributed by atoms with van der Waals surface area (Å²) >= 11 is 8.15. The second-order valence-corrected chi connectivity index (χ2v) is 7.21. The van der Waals surface area contributed by atoms with Gasteiger partial charge in [-0.1, -0.05) is 5.16 Å². The van der Waals surface area contributed by atoms with Crippen molar-refractivity contribution >= 4 is 54.9 Å². The number of amidine groups is 1. The van der Waals surface area contributed by atoms with E-state index in [0.29, 0.717) is 25.1 Å². The molecule has 100 valence electrons. The molecule has 0 fully saturated rings. The highest BCUT2D eigenvalue weighted by molar-refractivity contribution is 9.12. The Morgan fingerprint density at radius 3 is 2.72 bits per heavy atom. The third-order valence-corrected chi connectivity index (χ3v) is 4.66. The Morgan fingerprint density at radius 2 is 2.28 bits per heavy atom. The fourth-order valence-corrected chi connectivity index (χ4v) is 4.14. The van der Waals surface area contributed by atoms with Crippen LogP contribution in [-0.4, -0.2) is 34.9 Å². The molecule has 0 aromatic carbocycles. The maximum absolute atomic E-state index is 12.2. The van der Waals surface area contributed by atoms with E-state index in [-0.39, 0.29) is 11.7 Å². The minimum Gasteiger partial charge on any atom is -0.409 e. The Labute approximate surface area is 126 Å². The van der Waals surface area contributed by atoms with E-state index in [2.05, 4.69) is 37.0 Å². The van der Waals surface area contributed by atoms with Gasteiger partial charge in [0.05, 0.1) is 13.1 Å². The summed E-state index contributed by atoms with van der Waals surface area (Å²) < 4.78 is 1.69. The molecule has 0 spiro atoms. The van der Waals surface area contributed by atoms with E-state index in [1.807, 2.05) is 6.92 Å². The SMILES string of the molecule is CCN(CC/C(N)=N/O)C(=O)c1cc(Br)sc1Br. The molecule has 0 saturated carbocycles. The maximum Gasteiger partial charge on any atom is 0.255 e. The van der Waals surface area contributed by atoms with Crippen LogP contribution in [0.25, 0.3) is 0 Å². The molecule has 18 heavy (non-hydrogen) atoms. The molecule has 1 heterocycles. The first kappa shape index (κ1) is 15.5. The Kier molecular flexibility index (Phi) is 6.10. The standard InChI is InChI=1S/C10H13Br2N3O2S/c1-2-15(4-3-8(13)14-17)10(16)6-5-7(11)18-9(6)12/h5,17H,2-4H2,1H3,(H2,13,14).